The zero-order valence-corrected chi connectivity index (χ0v) is 13.6. The average molecular weight is 308 g/mol. The molecule has 2 atom stereocenters. The number of nitrogens with zero attached hydrogens (tertiary/aromatic N) is 2. The van der Waals surface area contributed by atoms with E-state index in [9.17, 15) is 5.11 Å². The molecule has 1 aromatic rings. The van der Waals surface area contributed by atoms with E-state index in [4.69, 9.17) is 4.42 Å². The molecule has 124 valence electrons. The highest BCUT2D eigenvalue weighted by Crippen LogP contribution is 2.15. The average Bonchev–Trinajstić information content (AvgIpc) is 3.20. The lowest BCUT2D eigenvalue weighted by Crippen LogP contribution is -2.45. The summed E-state index contributed by atoms with van der Waals surface area (Å²) in [5.41, 5.74) is 0. The van der Waals surface area contributed by atoms with Crippen molar-refractivity contribution < 1.29 is 9.52 Å². The first-order chi connectivity index (χ1) is 10.7. The Morgan fingerprint density at radius 3 is 3.05 bits per heavy atom. The van der Waals surface area contributed by atoms with E-state index in [1.165, 1.54) is 19.4 Å². The van der Waals surface area contributed by atoms with Crippen LogP contribution in [0.1, 0.15) is 38.6 Å². The summed E-state index contributed by atoms with van der Waals surface area (Å²) in [6, 6.07) is 4.10. The molecule has 6 nitrogen and oxygen atoms in total. The van der Waals surface area contributed by atoms with Crippen LogP contribution in [0.3, 0.4) is 0 Å². The molecule has 6 heteroatoms. The molecule has 0 bridgehead atoms. The van der Waals surface area contributed by atoms with Crippen LogP contribution in [0.2, 0.25) is 0 Å². The van der Waals surface area contributed by atoms with Gasteiger partial charge >= 0.3 is 0 Å². The highest BCUT2D eigenvalue weighted by Gasteiger charge is 2.22. The van der Waals surface area contributed by atoms with Gasteiger partial charge in [0, 0.05) is 19.1 Å². The van der Waals surface area contributed by atoms with Gasteiger partial charge in [0.15, 0.2) is 5.96 Å². The van der Waals surface area contributed by atoms with Gasteiger partial charge in [0.25, 0.3) is 0 Å². The molecule has 3 N–H and O–H groups in total. The Morgan fingerprint density at radius 1 is 1.50 bits per heavy atom. The minimum Gasteiger partial charge on any atom is -0.467 e. The number of aliphatic hydroxyl groups is 1. The quantitative estimate of drug-likeness (QED) is 0.524. The zero-order valence-electron chi connectivity index (χ0n) is 13.6. The van der Waals surface area contributed by atoms with Crippen LogP contribution in [-0.2, 0) is 0 Å². The second-order valence-electron chi connectivity index (χ2n) is 5.56. The molecule has 0 aliphatic carbocycles. The second-order valence-corrected chi connectivity index (χ2v) is 5.56. The summed E-state index contributed by atoms with van der Waals surface area (Å²) in [4.78, 5) is 6.94. The van der Waals surface area contributed by atoms with E-state index in [1.54, 1.807) is 18.4 Å². The Hall–Kier alpha value is -1.53. The third kappa shape index (κ3) is 4.74. The molecule has 0 saturated carbocycles. The van der Waals surface area contributed by atoms with Crippen LogP contribution in [0.25, 0.3) is 0 Å². The van der Waals surface area contributed by atoms with Crippen LogP contribution in [-0.4, -0.2) is 54.7 Å². The van der Waals surface area contributed by atoms with Gasteiger partial charge in [0.1, 0.15) is 11.9 Å². The number of likely N-dealkylation sites (N-methyl/N-ethyl adjacent to an activating group) is 1. The smallest absolute Gasteiger partial charge is 0.191 e. The molecule has 0 spiro atoms. The second kappa shape index (κ2) is 8.80. The number of aliphatic imine (C=N–C) groups is 1. The topological polar surface area (TPSA) is 73.0 Å². The summed E-state index contributed by atoms with van der Waals surface area (Å²) in [5, 5.41) is 16.6. The fourth-order valence-corrected chi connectivity index (χ4v) is 2.85. The van der Waals surface area contributed by atoms with Crippen molar-refractivity contribution in [3.05, 3.63) is 24.2 Å². The fraction of sp³-hybridized carbons (Fsp3) is 0.688. The molecule has 1 aromatic heterocycles. The van der Waals surface area contributed by atoms with Crippen LogP contribution >= 0.6 is 0 Å². The Balaban J connectivity index is 1.84. The largest absolute Gasteiger partial charge is 0.467 e. The predicted octanol–water partition coefficient (Wildman–Crippen LogP) is 1.35. The molecule has 1 aliphatic rings. The predicted molar refractivity (Wildman–Crippen MR) is 87.9 cm³/mol. The van der Waals surface area contributed by atoms with E-state index in [0.717, 1.165) is 25.6 Å². The monoisotopic (exact) mass is 308 g/mol. The van der Waals surface area contributed by atoms with Crippen LogP contribution < -0.4 is 10.6 Å². The number of aliphatic hydroxyl groups excluding tert-OH is 1. The summed E-state index contributed by atoms with van der Waals surface area (Å²) < 4.78 is 5.19. The summed E-state index contributed by atoms with van der Waals surface area (Å²) in [6.07, 6.45) is 3.36. The van der Waals surface area contributed by atoms with Crippen LogP contribution in [0.4, 0.5) is 0 Å². The number of nitrogens with one attached hydrogen (secondary N) is 2. The van der Waals surface area contributed by atoms with Crippen molar-refractivity contribution in [1.29, 1.82) is 0 Å². The minimum absolute atomic E-state index is 0.283. The van der Waals surface area contributed by atoms with Gasteiger partial charge in [-0.2, -0.15) is 0 Å². The van der Waals surface area contributed by atoms with E-state index in [2.05, 4.69) is 27.4 Å². The SMILES string of the molecule is CCNC(=NCC(O)c1ccco1)NCC1CCCN1CC. The van der Waals surface area contributed by atoms with Crippen molar-refractivity contribution in [3.8, 4) is 0 Å². The minimum atomic E-state index is -0.705. The molecule has 2 rings (SSSR count). The number of hydrogen-bond acceptors (Lipinski definition) is 4. The number of furan rings is 1. The zero-order chi connectivity index (χ0) is 15.8. The lowest BCUT2D eigenvalue weighted by atomic mass is 10.2. The van der Waals surface area contributed by atoms with E-state index in [1.807, 2.05) is 6.92 Å². The van der Waals surface area contributed by atoms with E-state index in [-0.39, 0.29) is 6.54 Å². The Labute approximate surface area is 132 Å². The molecular formula is C16H28N4O2. The van der Waals surface area contributed by atoms with Crippen LogP contribution in [0.15, 0.2) is 27.8 Å². The molecule has 1 saturated heterocycles. The molecule has 2 unspecified atom stereocenters. The Bertz CT molecular complexity index is 447. The molecule has 2 heterocycles. The van der Waals surface area contributed by atoms with Gasteiger partial charge < -0.3 is 20.2 Å². The molecular weight excluding hydrogens is 280 g/mol. The number of rotatable bonds is 7. The maximum atomic E-state index is 10.0. The van der Waals surface area contributed by atoms with Gasteiger partial charge in [-0.05, 0) is 45.0 Å². The van der Waals surface area contributed by atoms with E-state index < -0.39 is 6.10 Å². The molecule has 22 heavy (non-hydrogen) atoms. The van der Waals surface area contributed by atoms with Crippen molar-refractivity contribution >= 4 is 5.96 Å². The maximum Gasteiger partial charge on any atom is 0.191 e. The third-order valence-electron chi connectivity index (χ3n) is 4.05. The molecule has 1 fully saturated rings. The lowest BCUT2D eigenvalue weighted by molar-refractivity contribution is 0.158. The number of hydrogen-bond donors (Lipinski definition) is 3. The van der Waals surface area contributed by atoms with Gasteiger partial charge in [-0.3, -0.25) is 9.89 Å². The van der Waals surface area contributed by atoms with Crippen molar-refractivity contribution in [3.63, 3.8) is 0 Å². The van der Waals surface area contributed by atoms with Crippen molar-refractivity contribution in [1.82, 2.24) is 15.5 Å². The maximum absolute atomic E-state index is 10.0. The van der Waals surface area contributed by atoms with E-state index in [0.29, 0.717) is 11.8 Å². The Morgan fingerprint density at radius 2 is 2.36 bits per heavy atom. The number of guanidine groups is 1. The Kier molecular flexibility index (Phi) is 6.74. The van der Waals surface area contributed by atoms with Crippen molar-refractivity contribution in [2.45, 2.75) is 38.8 Å². The molecule has 0 amide bonds. The van der Waals surface area contributed by atoms with Crippen molar-refractivity contribution in [2.24, 2.45) is 4.99 Å². The van der Waals surface area contributed by atoms with Crippen LogP contribution in [0.5, 0.6) is 0 Å². The first-order valence-electron chi connectivity index (χ1n) is 8.22. The van der Waals surface area contributed by atoms with Gasteiger partial charge in [0.05, 0.1) is 12.8 Å². The van der Waals surface area contributed by atoms with Gasteiger partial charge in [-0.15, -0.1) is 0 Å². The molecule has 0 aromatic carbocycles. The third-order valence-corrected chi connectivity index (χ3v) is 4.05. The molecule has 0 radical (unpaired) electrons. The van der Waals surface area contributed by atoms with Gasteiger partial charge in [0.2, 0.25) is 0 Å². The van der Waals surface area contributed by atoms with Crippen molar-refractivity contribution in [2.75, 3.05) is 32.7 Å². The summed E-state index contributed by atoms with van der Waals surface area (Å²) in [7, 11) is 0. The normalized spacial score (nSPS) is 21.0. The summed E-state index contributed by atoms with van der Waals surface area (Å²) >= 11 is 0. The fourth-order valence-electron chi connectivity index (χ4n) is 2.85. The summed E-state index contributed by atoms with van der Waals surface area (Å²) in [5.74, 6) is 1.30. The van der Waals surface area contributed by atoms with Gasteiger partial charge in [-0.1, -0.05) is 6.92 Å². The van der Waals surface area contributed by atoms with Gasteiger partial charge in [-0.25, -0.2) is 0 Å². The first-order valence-corrected chi connectivity index (χ1v) is 8.22. The standard InChI is InChI=1S/C16H28N4O2/c1-3-17-16(18-11-13-7-5-9-20(13)4-2)19-12-14(21)15-8-6-10-22-15/h6,8,10,13-14,21H,3-5,7,9,11-12H2,1-2H3,(H2,17,18,19). The molecule has 1 aliphatic heterocycles. The highest BCUT2D eigenvalue weighted by atomic mass is 16.4. The van der Waals surface area contributed by atoms with Crippen LogP contribution in [0, 0.1) is 0 Å². The summed E-state index contributed by atoms with van der Waals surface area (Å²) in [6.45, 7) is 8.49. The highest BCUT2D eigenvalue weighted by molar-refractivity contribution is 5.79. The lowest BCUT2D eigenvalue weighted by Gasteiger charge is -2.24. The van der Waals surface area contributed by atoms with E-state index >= 15 is 0 Å². The first kappa shape index (κ1) is 16.8. The number of likely N-dealkylation sites (tertiary alicyclic amines) is 1.